The molecule has 1 aromatic heterocycles. The van der Waals surface area contributed by atoms with Crippen molar-refractivity contribution < 1.29 is 0 Å². The maximum Gasteiger partial charge on any atom is 0.0482 e. The largest absolute Gasteiger partial charge is 0.271 e. The molecule has 0 saturated carbocycles. The fraction of sp³-hybridized carbons (Fsp3) is 0.353. The Morgan fingerprint density at radius 3 is 2.85 bits per heavy atom. The van der Waals surface area contributed by atoms with Gasteiger partial charge in [0.25, 0.3) is 0 Å². The number of benzene rings is 1. The lowest BCUT2D eigenvalue weighted by Gasteiger charge is -2.31. The molecule has 3 nitrogen and oxygen atoms in total. The van der Waals surface area contributed by atoms with Crippen molar-refractivity contribution in [3.05, 3.63) is 65.5 Å². The first-order chi connectivity index (χ1) is 9.88. The normalized spacial score (nSPS) is 19.4. The van der Waals surface area contributed by atoms with Crippen LogP contribution in [0.25, 0.3) is 0 Å². The second-order valence-electron chi connectivity index (χ2n) is 5.51. The van der Waals surface area contributed by atoms with Crippen LogP contribution in [-0.2, 0) is 12.8 Å². The summed E-state index contributed by atoms with van der Waals surface area (Å²) in [5.74, 6) is 6.24. The number of nitrogens with zero attached hydrogens (tertiary/aromatic N) is 1. The SMILES string of the molecule is NNC(Cc1ccccc1)C1CCCc2cccnc21. The Balaban J connectivity index is 1.84. The minimum Gasteiger partial charge on any atom is -0.271 e. The van der Waals surface area contributed by atoms with Gasteiger partial charge < -0.3 is 0 Å². The van der Waals surface area contributed by atoms with E-state index in [0.29, 0.717) is 5.92 Å². The van der Waals surface area contributed by atoms with Crippen LogP contribution in [0.2, 0.25) is 0 Å². The summed E-state index contributed by atoms with van der Waals surface area (Å²) in [6.45, 7) is 0. The number of aromatic nitrogens is 1. The molecule has 20 heavy (non-hydrogen) atoms. The van der Waals surface area contributed by atoms with Gasteiger partial charge >= 0.3 is 0 Å². The molecule has 1 aromatic carbocycles. The van der Waals surface area contributed by atoms with Gasteiger partial charge in [-0.15, -0.1) is 0 Å². The summed E-state index contributed by atoms with van der Waals surface area (Å²) in [5, 5.41) is 0. The summed E-state index contributed by atoms with van der Waals surface area (Å²) in [5.41, 5.74) is 6.96. The lowest BCUT2D eigenvalue weighted by Crippen LogP contribution is -2.42. The van der Waals surface area contributed by atoms with Crippen LogP contribution in [0.4, 0.5) is 0 Å². The summed E-state index contributed by atoms with van der Waals surface area (Å²) in [7, 11) is 0. The van der Waals surface area contributed by atoms with Crippen LogP contribution in [0.1, 0.15) is 35.6 Å². The van der Waals surface area contributed by atoms with Gasteiger partial charge in [0.15, 0.2) is 0 Å². The highest BCUT2D eigenvalue weighted by Gasteiger charge is 2.28. The van der Waals surface area contributed by atoms with E-state index in [1.165, 1.54) is 23.2 Å². The zero-order chi connectivity index (χ0) is 13.8. The Morgan fingerprint density at radius 1 is 1.20 bits per heavy atom. The van der Waals surface area contributed by atoms with Gasteiger partial charge in [-0.2, -0.15) is 0 Å². The van der Waals surface area contributed by atoms with E-state index in [4.69, 9.17) is 5.84 Å². The van der Waals surface area contributed by atoms with Gasteiger partial charge in [-0.3, -0.25) is 16.3 Å². The third-order valence-electron chi connectivity index (χ3n) is 4.24. The molecule has 0 bridgehead atoms. The first kappa shape index (κ1) is 13.3. The highest BCUT2D eigenvalue weighted by atomic mass is 15.2. The third-order valence-corrected chi connectivity index (χ3v) is 4.24. The maximum atomic E-state index is 5.83. The monoisotopic (exact) mass is 267 g/mol. The van der Waals surface area contributed by atoms with E-state index in [9.17, 15) is 0 Å². The summed E-state index contributed by atoms with van der Waals surface area (Å²) in [6, 6.07) is 15.0. The molecule has 2 unspecified atom stereocenters. The number of rotatable bonds is 4. The lowest BCUT2D eigenvalue weighted by molar-refractivity contribution is 0.387. The van der Waals surface area contributed by atoms with E-state index >= 15 is 0 Å². The van der Waals surface area contributed by atoms with Crippen LogP contribution in [0.3, 0.4) is 0 Å². The van der Waals surface area contributed by atoms with Crippen molar-refractivity contribution >= 4 is 0 Å². The lowest BCUT2D eigenvalue weighted by atomic mass is 9.80. The van der Waals surface area contributed by atoms with Crippen LogP contribution in [0, 0.1) is 0 Å². The van der Waals surface area contributed by atoms with Crippen LogP contribution in [-0.4, -0.2) is 11.0 Å². The third kappa shape index (κ3) is 2.74. The second kappa shape index (κ2) is 6.16. The Morgan fingerprint density at radius 2 is 2.05 bits per heavy atom. The average Bonchev–Trinajstić information content (AvgIpc) is 2.53. The molecule has 2 aromatic rings. The van der Waals surface area contributed by atoms with Crippen molar-refractivity contribution in [3.63, 3.8) is 0 Å². The van der Waals surface area contributed by atoms with E-state index in [0.717, 1.165) is 19.3 Å². The Bertz CT molecular complexity index is 553. The molecule has 1 heterocycles. The molecule has 104 valence electrons. The number of hydrazine groups is 1. The van der Waals surface area contributed by atoms with E-state index < -0.39 is 0 Å². The maximum absolute atomic E-state index is 5.83. The van der Waals surface area contributed by atoms with Crippen LogP contribution in [0.5, 0.6) is 0 Å². The minimum absolute atomic E-state index is 0.242. The summed E-state index contributed by atoms with van der Waals surface area (Å²) in [6.07, 6.45) is 6.36. The van der Waals surface area contributed by atoms with Crippen molar-refractivity contribution in [1.82, 2.24) is 10.4 Å². The Labute approximate surface area is 120 Å². The number of aryl methyl sites for hydroxylation is 1. The van der Waals surface area contributed by atoms with Crippen LogP contribution < -0.4 is 11.3 Å². The van der Waals surface area contributed by atoms with Crippen molar-refractivity contribution in [2.24, 2.45) is 5.84 Å². The van der Waals surface area contributed by atoms with E-state index in [-0.39, 0.29) is 6.04 Å². The molecule has 0 fully saturated rings. The predicted molar refractivity (Wildman–Crippen MR) is 81.2 cm³/mol. The number of pyridine rings is 1. The first-order valence-corrected chi connectivity index (χ1v) is 7.32. The zero-order valence-electron chi connectivity index (χ0n) is 11.6. The Kier molecular flexibility index (Phi) is 4.09. The van der Waals surface area contributed by atoms with Crippen molar-refractivity contribution in [1.29, 1.82) is 0 Å². The first-order valence-electron chi connectivity index (χ1n) is 7.32. The van der Waals surface area contributed by atoms with Gasteiger partial charge in [0, 0.05) is 23.9 Å². The van der Waals surface area contributed by atoms with Crippen molar-refractivity contribution in [2.75, 3.05) is 0 Å². The van der Waals surface area contributed by atoms with Gasteiger partial charge in [-0.05, 0) is 42.9 Å². The number of nitrogens with two attached hydrogens (primary N) is 1. The summed E-state index contributed by atoms with van der Waals surface area (Å²) in [4.78, 5) is 4.62. The molecule has 1 aliphatic rings. The molecular weight excluding hydrogens is 246 g/mol. The molecule has 3 N–H and O–H groups in total. The quantitative estimate of drug-likeness (QED) is 0.661. The summed E-state index contributed by atoms with van der Waals surface area (Å²) < 4.78 is 0. The average molecular weight is 267 g/mol. The molecular formula is C17H21N3. The fourth-order valence-electron chi connectivity index (χ4n) is 3.22. The van der Waals surface area contributed by atoms with Crippen molar-refractivity contribution in [2.45, 2.75) is 37.6 Å². The highest BCUT2D eigenvalue weighted by Crippen LogP contribution is 2.33. The standard InChI is InChI=1S/C17H21N3/c18-20-16(12-13-6-2-1-3-7-13)15-10-4-8-14-9-5-11-19-17(14)15/h1-3,5-7,9,11,15-16,20H,4,8,10,12,18H2. The van der Waals surface area contributed by atoms with E-state index in [1.807, 2.05) is 18.3 Å². The second-order valence-corrected chi connectivity index (χ2v) is 5.51. The fourth-order valence-corrected chi connectivity index (χ4v) is 3.22. The van der Waals surface area contributed by atoms with Gasteiger partial charge in [0.1, 0.15) is 0 Å². The summed E-state index contributed by atoms with van der Waals surface area (Å²) >= 11 is 0. The zero-order valence-corrected chi connectivity index (χ0v) is 11.6. The van der Waals surface area contributed by atoms with E-state index in [1.54, 1.807) is 0 Å². The molecule has 3 heteroatoms. The smallest absolute Gasteiger partial charge is 0.0482 e. The molecule has 1 aliphatic carbocycles. The van der Waals surface area contributed by atoms with Crippen LogP contribution >= 0.6 is 0 Å². The topological polar surface area (TPSA) is 50.9 Å². The molecule has 0 aliphatic heterocycles. The van der Waals surface area contributed by atoms with Gasteiger partial charge in [-0.1, -0.05) is 36.4 Å². The minimum atomic E-state index is 0.242. The molecule has 0 radical (unpaired) electrons. The van der Waals surface area contributed by atoms with E-state index in [2.05, 4.69) is 40.7 Å². The van der Waals surface area contributed by atoms with Gasteiger partial charge in [0.05, 0.1) is 0 Å². The number of hydrogen-bond donors (Lipinski definition) is 2. The van der Waals surface area contributed by atoms with Crippen molar-refractivity contribution in [3.8, 4) is 0 Å². The molecule has 2 atom stereocenters. The molecule has 0 amide bonds. The highest BCUT2D eigenvalue weighted by molar-refractivity contribution is 5.28. The van der Waals surface area contributed by atoms with Gasteiger partial charge in [0.2, 0.25) is 0 Å². The molecule has 3 rings (SSSR count). The molecule has 0 spiro atoms. The Hall–Kier alpha value is -1.71. The van der Waals surface area contributed by atoms with Crippen LogP contribution in [0.15, 0.2) is 48.7 Å². The number of nitrogens with one attached hydrogen (secondary N) is 1. The number of hydrogen-bond acceptors (Lipinski definition) is 3. The van der Waals surface area contributed by atoms with Gasteiger partial charge in [-0.25, -0.2) is 0 Å². The number of fused-ring (bicyclic) bond motifs is 1. The molecule has 0 saturated heterocycles. The predicted octanol–water partition coefficient (Wildman–Crippen LogP) is 2.58.